The number of rotatable bonds is 3. The number of aromatic nitrogens is 2. The highest BCUT2D eigenvalue weighted by Crippen LogP contribution is 2.27. The van der Waals surface area contributed by atoms with Crippen molar-refractivity contribution in [1.29, 1.82) is 0 Å². The first-order valence-electron chi connectivity index (χ1n) is 5.21. The smallest absolute Gasteiger partial charge is 0.268 e. The Hall–Kier alpha value is -1.62. The molecule has 0 bridgehead atoms. The number of aryl methyl sites for hydroxylation is 1. The molecule has 1 heterocycles. The SMILES string of the molecule is CCc1ccccc1Oc1nc[nH]c(=O)c1Br. The summed E-state index contributed by atoms with van der Waals surface area (Å²) >= 11 is 3.15. The Balaban J connectivity index is 2.38. The van der Waals surface area contributed by atoms with Crippen LogP contribution in [-0.4, -0.2) is 9.97 Å². The highest BCUT2D eigenvalue weighted by Gasteiger charge is 2.09. The lowest BCUT2D eigenvalue weighted by atomic mass is 10.1. The second-order valence-corrected chi connectivity index (χ2v) is 4.21. The molecule has 5 heteroatoms. The normalized spacial score (nSPS) is 10.2. The summed E-state index contributed by atoms with van der Waals surface area (Å²) in [6.45, 7) is 2.04. The molecule has 0 radical (unpaired) electrons. The van der Waals surface area contributed by atoms with Crippen molar-refractivity contribution in [3.05, 3.63) is 51.0 Å². The van der Waals surface area contributed by atoms with Crippen molar-refractivity contribution in [2.45, 2.75) is 13.3 Å². The van der Waals surface area contributed by atoms with E-state index in [4.69, 9.17) is 4.74 Å². The minimum absolute atomic E-state index is 0.260. The topological polar surface area (TPSA) is 55.0 Å². The maximum Gasteiger partial charge on any atom is 0.268 e. The maximum absolute atomic E-state index is 11.4. The van der Waals surface area contributed by atoms with E-state index in [1.54, 1.807) is 0 Å². The number of halogens is 1. The molecule has 0 unspecified atom stereocenters. The van der Waals surface area contributed by atoms with Crippen LogP contribution in [0.2, 0.25) is 0 Å². The molecule has 17 heavy (non-hydrogen) atoms. The number of benzene rings is 1. The van der Waals surface area contributed by atoms with Crippen LogP contribution in [0.3, 0.4) is 0 Å². The first kappa shape index (κ1) is 11.9. The molecule has 0 amide bonds. The highest BCUT2D eigenvalue weighted by molar-refractivity contribution is 9.10. The second kappa shape index (κ2) is 5.14. The first-order chi connectivity index (χ1) is 8.22. The summed E-state index contributed by atoms with van der Waals surface area (Å²) in [5.74, 6) is 0.989. The van der Waals surface area contributed by atoms with Gasteiger partial charge in [-0.05, 0) is 34.0 Å². The van der Waals surface area contributed by atoms with Gasteiger partial charge in [0.2, 0.25) is 5.88 Å². The Morgan fingerprint density at radius 3 is 2.94 bits per heavy atom. The minimum Gasteiger partial charge on any atom is -0.437 e. The predicted octanol–water partition coefficient (Wildman–Crippen LogP) is 2.89. The molecule has 2 aromatic rings. The van der Waals surface area contributed by atoms with Crippen LogP contribution in [0, 0.1) is 0 Å². The van der Waals surface area contributed by atoms with E-state index in [0.29, 0.717) is 10.2 Å². The van der Waals surface area contributed by atoms with Crippen molar-refractivity contribution < 1.29 is 4.74 Å². The zero-order valence-electron chi connectivity index (χ0n) is 9.24. The van der Waals surface area contributed by atoms with Crippen molar-refractivity contribution in [1.82, 2.24) is 9.97 Å². The standard InChI is InChI=1S/C12H11BrN2O2/c1-2-8-5-3-4-6-9(8)17-12-10(13)11(16)14-7-15-12/h3-7H,2H2,1H3,(H,14,15,16). The van der Waals surface area contributed by atoms with Gasteiger partial charge in [0.25, 0.3) is 5.56 Å². The lowest BCUT2D eigenvalue weighted by molar-refractivity contribution is 0.452. The number of nitrogens with one attached hydrogen (secondary N) is 1. The van der Waals surface area contributed by atoms with Gasteiger partial charge in [-0.15, -0.1) is 0 Å². The molecule has 0 atom stereocenters. The quantitative estimate of drug-likeness (QED) is 0.947. The molecule has 1 aromatic heterocycles. The molecular formula is C12H11BrN2O2. The van der Waals surface area contributed by atoms with E-state index in [1.807, 2.05) is 31.2 Å². The van der Waals surface area contributed by atoms with Gasteiger partial charge >= 0.3 is 0 Å². The van der Waals surface area contributed by atoms with Gasteiger partial charge < -0.3 is 9.72 Å². The van der Waals surface area contributed by atoms with Crippen LogP contribution in [0.25, 0.3) is 0 Å². The van der Waals surface area contributed by atoms with Crippen LogP contribution >= 0.6 is 15.9 Å². The molecule has 0 aliphatic carbocycles. The average molecular weight is 295 g/mol. The molecule has 0 saturated heterocycles. The fourth-order valence-corrected chi connectivity index (χ4v) is 1.74. The maximum atomic E-state index is 11.4. The number of hydrogen-bond acceptors (Lipinski definition) is 3. The summed E-state index contributed by atoms with van der Waals surface area (Å²) in [4.78, 5) is 17.8. The van der Waals surface area contributed by atoms with Crippen molar-refractivity contribution >= 4 is 15.9 Å². The summed E-state index contributed by atoms with van der Waals surface area (Å²) in [7, 11) is 0. The highest BCUT2D eigenvalue weighted by atomic mass is 79.9. The summed E-state index contributed by atoms with van der Waals surface area (Å²) in [5, 5.41) is 0. The van der Waals surface area contributed by atoms with E-state index in [0.717, 1.165) is 12.0 Å². The van der Waals surface area contributed by atoms with Gasteiger partial charge in [-0.3, -0.25) is 4.79 Å². The molecule has 0 saturated carbocycles. The Morgan fingerprint density at radius 1 is 1.41 bits per heavy atom. The molecule has 1 N–H and O–H groups in total. The van der Waals surface area contributed by atoms with Crippen LogP contribution in [0.5, 0.6) is 11.6 Å². The van der Waals surface area contributed by atoms with E-state index in [9.17, 15) is 4.79 Å². The third-order valence-electron chi connectivity index (χ3n) is 2.32. The van der Waals surface area contributed by atoms with Crippen molar-refractivity contribution in [2.75, 3.05) is 0 Å². The molecule has 88 valence electrons. The second-order valence-electron chi connectivity index (χ2n) is 3.41. The molecule has 2 rings (SSSR count). The van der Waals surface area contributed by atoms with E-state index in [2.05, 4.69) is 25.9 Å². The number of ether oxygens (including phenoxy) is 1. The molecule has 0 aliphatic rings. The van der Waals surface area contributed by atoms with Crippen molar-refractivity contribution in [3.63, 3.8) is 0 Å². The lowest BCUT2D eigenvalue weighted by Crippen LogP contribution is -2.08. The van der Waals surface area contributed by atoms with Crippen molar-refractivity contribution in [2.24, 2.45) is 0 Å². The van der Waals surface area contributed by atoms with E-state index >= 15 is 0 Å². The zero-order valence-corrected chi connectivity index (χ0v) is 10.8. The fourth-order valence-electron chi connectivity index (χ4n) is 1.44. The number of H-pyrrole nitrogens is 1. The van der Waals surface area contributed by atoms with Gasteiger partial charge in [-0.25, -0.2) is 4.98 Å². The number of nitrogens with zero attached hydrogens (tertiary/aromatic N) is 1. The molecule has 0 spiro atoms. The van der Waals surface area contributed by atoms with Gasteiger partial charge in [0.1, 0.15) is 10.2 Å². The average Bonchev–Trinajstić information content (AvgIpc) is 2.35. The summed E-state index contributed by atoms with van der Waals surface area (Å²) in [6.07, 6.45) is 2.17. The van der Waals surface area contributed by atoms with Crippen LogP contribution in [0.1, 0.15) is 12.5 Å². The van der Waals surface area contributed by atoms with Crippen LogP contribution in [-0.2, 0) is 6.42 Å². The van der Waals surface area contributed by atoms with Crippen LogP contribution < -0.4 is 10.3 Å². The summed E-state index contributed by atoms with van der Waals surface area (Å²) < 4.78 is 5.93. The third kappa shape index (κ3) is 2.55. The number of aromatic amines is 1. The van der Waals surface area contributed by atoms with E-state index < -0.39 is 0 Å². The van der Waals surface area contributed by atoms with Crippen LogP contribution in [0.4, 0.5) is 0 Å². The Labute approximate surface area is 107 Å². The Kier molecular flexibility index (Phi) is 3.58. The zero-order chi connectivity index (χ0) is 12.3. The number of hydrogen-bond donors (Lipinski definition) is 1. The molecular weight excluding hydrogens is 284 g/mol. The number of para-hydroxylation sites is 1. The van der Waals surface area contributed by atoms with Gasteiger partial charge in [0, 0.05) is 0 Å². The fraction of sp³-hybridized carbons (Fsp3) is 0.167. The van der Waals surface area contributed by atoms with Crippen LogP contribution in [0.15, 0.2) is 39.9 Å². The van der Waals surface area contributed by atoms with Crippen molar-refractivity contribution in [3.8, 4) is 11.6 Å². The Bertz CT molecular complexity index is 581. The third-order valence-corrected chi connectivity index (χ3v) is 3.02. The lowest BCUT2D eigenvalue weighted by Gasteiger charge is -2.09. The van der Waals surface area contributed by atoms with E-state index in [-0.39, 0.29) is 11.4 Å². The first-order valence-corrected chi connectivity index (χ1v) is 6.00. The largest absolute Gasteiger partial charge is 0.437 e. The minimum atomic E-state index is -0.260. The van der Waals surface area contributed by atoms with Gasteiger partial charge in [0.05, 0.1) is 6.33 Å². The molecule has 1 aromatic carbocycles. The predicted molar refractivity (Wildman–Crippen MR) is 68.5 cm³/mol. The van der Waals surface area contributed by atoms with Gasteiger partial charge in [-0.2, -0.15) is 0 Å². The summed E-state index contributed by atoms with van der Waals surface area (Å²) in [6, 6.07) is 7.67. The van der Waals surface area contributed by atoms with Gasteiger partial charge in [0.15, 0.2) is 0 Å². The molecule has 4 nitrogen and oxygen atoms in total. The molecule has 0 aliphatic heterocycles. The monoisotopic (exact) mass is 294 g/mol. The summed E-state index contributed by atoms with van der Waals surface area (Å²) in [5.41, 5.74) is 0.811. The Morgan fingerprint density at radius 2 is 2.18 bits per heavy atom. The van der Waals surface area contributed by atoms with E-state index in [1.165, 1.54) is 6.33 Å². The molecule has 0 fully saturated rings. The van der Waals surface area contributed by atoms with Gasteiger partial charge in [-0.1, -0.05) is 25.1 Å².